The van der Waals surface area contributed by atoms with Crippen molar-refractivity contribution in [1.82, 2.24) is 5.32 Å². The summed E-state index contributed by atoms with van der Waals surface area (Å²) in [6.07, 6.45) is 0. The van der Waals surface area contributed by atoms with Crippen molar-refractivity contribution >= 4 is 28.8 Å². The van der Waals surface area contributed by atoms with Gasteiger partial charge in [-0.2, -0.15) is 5.26 Å². The van der Waals surface area contributed by atoms with Gasteiger partial charge in [-0.25, -0.2) is 18.0 Å². The SMILES string of the molecule is CCN1C(=O)N(c2c(F)cc(NCCNC)cc2F)c2cc(C#N)ccc2-c2cc(F)ccc21. The number of hydrogen-bond donors (Lipinski definition) is 2. The number of nitrogens with one attached hydrogen (secondary N) is 2. The zero-order valence-electron chi connectivity index (χ0n) is 18.6. The van der Waals surface area contributed by atoms with Crippen LogP contribution in [0.15, 0.2) is 48.5 Å². The average Bonchev–Trinajstić information content (AvgIpc) is 2.91. The molecule has 0 saturated carbocycles. The van der Waals surface area contributed by atoms with Gasteiger partial charge in [0.1, 0.15) is 11.5 Å². The number of carbonyl (C=O) groups is 1. The van der Waals surface area contributed by atoms with Crippen molar-refractivity contribution < 1.29 is 18.0 Å². The van der Waals surface area contributed by atoms with Crippen LogP contribution in [0, 0.1) is 28.8 Å². The Bertz CT molecular complexity index is 1280. The number of anilines is 4. The molecule has 0 radical (unpaired) electrons. The molecule has 0 atom stereocenters. The standard InChI is InChI=1S/C25H22F3N5O/c1-3-32-22-7-5-16(26)11-19(22)18-6-4-15(14-29)10-23(18)33(25(32)34)24-20(27)12-17(13-21(24)28)31-9-8-30-2/h4-7,10-13,30-31H,3,8-9H2,1-2H3. The quantitative estimate of drug-likeness (QED) is 0.480. The number of rotatable bonds is 6. The van der Waals surface area contributed by atoms with E-state index in [1.807, 2.05) is 6.07 Å². The van der Waals surface area contributed by atoms with E-state index >= 15 is 8.78 Å². The van der Waals surface area contributed by atoms with E-state index in [2.05, 4.69) is 10.6 Å². The molecule has 2 N–H and O–H groups in total. The topological polar surface area (TPSA) is 71.4 Å². The van der Waals surface area contributed by atoms with Crippen LogP contribution >= 0.6 is 0 Å². The molecule has 4 rings (SSSR count). The number of fused-ring (bicyclic) bond motifs is 3. The maximum atomic E-state index is 15.4. The van der Waals surface area contributed by atoms with Gasteiger partial charge in [0.25, 0.3) is 0 Å². The number of carbonyl (C=O) groups excluding carboxylic acids is 1. The van der Waals surface area contributed by atoms with Crippen molar-refractivity contribution in [3.8, 4) is 17.2 Å². The Balaban J connectivity index is 1.96. The summed E-state index contributed by atoms with van der Waals surface area (Å²) in [6, 6.07) is 11.9. The van der Waals surface area contributed by atoms with Gasteiger partial charge in [-0.05, 0) is 56.4 Å². The van der Waals surface area contributed by atoms with Crippen LogP contribution in [-0.4, -0.2) is 32.7 Å². The lowest BCUT2D eigenvalue weighted by Gasteiger charge is -2.29. The van der Waals surface area contributed by atoms with Crippen LogP contribution in [-0.2, 0) is 0 Å². The Morgan fingerprint density at radius 1 is 0.941 bits per heavy atom. The summed E-state index contributed by atoms with van der Waals surface area (Å²) in [5.74, 6) is -2.44. The molecule has 1 aliphatic rings. The van der Waals surface area contributed by atoms with E-state index in [0.29, 0.717) is 29.9 Å². The van der Waals surface area contributed by atoms with Crippen molar-refractivity contribution in [3.63, 3.8) is 0 Å². The molecule has 0 aromatic heterocycles. The first-order valence-corrected chi connectivity index (χ1v) is 10.7. The number of hydrogen-bond acceptors (Lipinski definition) is 4. The molecule has 34 heavy (non-hydrogen) atoms. The van der Waals surface area contributed by atoms with Gasteiger partial charge in [-0.1, -0.05) is 6.07 Å². The van der Waals surface area contributed by atoms with Crippen LogP contribution in [0.3, 0.4) is 0 Å². The second-order valence-corrected chi connectivity index (χ2v) is 7.69. The van der Waals surface area contributed by atoms with E-state index < -0.39 is 29.2 Å². The molecule has 1 heterocycles. The first kappa shape index (κ1) is 23.1. The summed E-state index contributed by atoms with van der Waals surface area (Å²) >= 11 is 0. The van der Waals surface area contributed by atoms with E-state index in [1.165, 1.54) is 35.2 Å². The van der Waals surface area contributed by atoms with E-state index in [9.17, 15) is 14.4 Å². The molecule has 1 aliphatic heterocycles. The fraction of sp³-hybridized carbons (Fsp3) is 0.200. The first-order valence-electron chi connectivity index (χ1n) is 10.7. The largest absolute Gasteiger partial charge is 0.384 e. The van der Waals surface area contributed by atoms with Gasteiger partial charge in [-0.15, -0.1) is 0 Å². The van der Waals surface area contributed by atoms with Gasteiger partial charge >= 0.3 is 6.03 Å². The van der Waals surface area contributed by atoms with Crippen LogP contribution in [0.4, 0.5) is 40.7 Å². The van der Waals surface area contributed by atoms with Crippen molar-refractivity contribution in [3.05, 3.63) is 71.5 Å². The molecule has 3 aromatic rings. The van der Waals surface area contributed by atoms with Crippen molar-refractivity contribution in [2.75, 3.05) is 41.8 Å². The highest BCUT2D eigenvalue weighted by Gasteiger charge is 2.35. The lowest BCUT2D eigenvalue weighted by molar-refractivity contribution is 0.253. The molecule has 0 aliphatic carbocycles. The predicted octanol–water partition coefficient (Wildman–Crippen LogP) is 5.37. The van der Waals surface area contributed by atoms with Gasteiger partial charge in [-0.3, -0.25) is 9.80 Å². The summed E-state index contributed by atoms with van der Waals surface area (Å²) in [7, 11) is 1.76. The van der Waals surface area contributed by atoms with E-state index in [-0.39, 0.29) is 23.5 Å². The van der Waals surface area contributed by atoms with Crippen LogP contribution in [0.5, 0.6) is 0 Å². The van der Waals surface area contributed by atoms with Gasteiger partial charge in [0.15, 0.2) is 11.6 Å². The minimum absolute atomic E-state index is 0.0838. The summed E-state index contributed by atoms with van der Waals surface area (Å²) in [4.78, 5) is 15.9. The molecule has 3 aromatic carbocycles. The number of nitriles is 1. The number of amides is 2. The van der Waals surface area contributed by atoms with Crippen LogP contribution in [0.25, 0.3) is 11.1 Å². The molecule has 0 saturated heterocycles. The average molecular weight is 465 g/mol. The molecule has 9 heteroatoms. The van der Waals surface area contributed by atoms with E-state index in [1.54, 1.807) is 20.0 Å². The van der Waals surface area contributed by atoms with Crippen LogP contribution in [0.2, 0.25) is 0 Å². The Labute approximate surface area is 195 Å². The van der Waals surface area contributed by atoms with Crippen molar-refractivity contribution in [2.45, 2.75) is 6.92 Å². The molecule has 0 unspecified atom stereocenters. The Hall–Kier alpha value is -4.03. The highest BCUT2D eigenvalue weighted by Crippen LogP contribution is 2.46. The molecule has 0 spiro atoms. The third-order valence-electron chi connectivity index (χ3n) is 5.59. The lowest BCUT2D eigenvalue weighted by Crippen LogP contribution is -2.41. The van der Waals surface area contributed by atoms with E-state index in [0.717, 1.165) is 17.0 Å². The predicted molar refractivity (Wildman–Crippen MR) is 126 cm³/mol. The van der Waals surface area contributed by atoms with Crippen molar-refractivity contribution in [1.29, 1.82) is 5.26 Å². The smallest absolute Gasteiger partial charge is 0.333 e. The second kappa shape index (κ2) is 9.45. The zero-order chi connectivity index (χ0) is 24.4. The number of benzene rings is 3. The zero-order valence-corrected chi connectivity index (χ0v) is 18.6. The molecular formula is C25H22F3N5O. The van der Waals surface area contributed by atoms with Gasteiger partial charge < -0.3 is 10.6 Å². The van der Waals surface area contributed by atoms with Crippen LogP contribution in [0.1, 0.15) is 12.5 Å². The highest BCUT2D eigenvalue weighted by atomic mass is 19.1. The molecule has 6 nitrogen and oxygen atoms in total. The Morgan fingerprint density at radius 3 is 2.32 bits per heavy atom. The van der Waals surface area contributed by atoms with Gasteiger partial charge in [0.2, 0.25) is 0 Å². The monoisotopic (exact) mass is 465 g/mol. The van der Waals surface area contributed by atoms with E-state index in [4.69, 9.17) is 0 Å². The Kier molecular flexibility index (Phi) is 6.43. The maximum absolute atomic E-state index is 15.4. The summed E-state index contributed by atoms with van der Waals surface area (Å²) < 4.78 is 45.0. The summed E-state index contributed by atoms with van der Waals surface area (Å²) in [5.41, 5.74) is 1.06. The minimum atomic E-state index is -0.957. The fourth-order valence-electron chi connectivity index (χ4n) is 4.03. The fourth-order valence-corrected chi connectivity index (χ4v) is 4.03. The normalized spacial score (nSPS) is 12.6. The number of halogens is 3. The third kappa shape index (κ3) is 4.04. The van der Waals surface area contributed by atoms with Crippen molar-refractivity contribution in [2.24, 2.45) is 0 Å². The van der Waals surface area contributed by atoms with Crippen LogP contribution < -0.4 is 20.4 Å². The number of likely N-dealkylation sites (N-methyl/N-ethyl adjacent to an activating group) is 1. The molecule has 174 valence electrons. The molecule has 0 bridgehead atoms. The minimum Gasteiger partial charge on any atom is -0.384 e. The highest BCUT2D eigenvalue weighted by molar-refractivity contribution is 6.15. The Morgan fingerprint density at radius 2 is 1.68 bits per heavy atom. The first-order chi connectivity index (χ1) is 16.4. The maximum Gasteiger partial charge on any atom is 0.333 e. The third-order valence-corrected chi connectivity index (χ3v) is 5.59. The molecule has 2 amide bonds. The summed E-state index contributed by atoms with van der Waals surface area (Å²) in [5, 5.41) is 15.3. The molecule has 0 fully saturated rings. The second-order valence-electron chi connectivity index (χ2n) is 7.69. The van der Waals surface area contributed by atoms with Gasteiger partial charge in [0.05, 0.1) is 23.0 Å². The lowest BCUT2D eigenvalue weighted by atomic mass is 9.99. The number of urea groups is 1. The van der Waals surface area contributed by atoms with Gasteiger partial charge in [0, 0.05) is 36.4 Å². The molecular weight excluding hydrogens is 443 g/mol. The summed E-state index contributed by atoms with van der Waals surface area (Å²) in [6.45, 7) is 2.90. The number of nitrogens with zero attached hydrogens (tertiary/aromatic N) is 3.